The van der Waals surface area contributed by atoms with Gasteiger partial charge in [0.25, 0.3) is 11.8 Å². The van der Waals surface area contributed by atoms with Crippen molar-refractivity contribution in [3.8, 4) is 0 Å². The highest BCUT2D eigenvalue weighted by atomic mass is 35.5. The van der Waals surface area contributed by atoms with Gasteiger partial charge in [-0.25, -0.2) is 5.48 Å². The number of aromatic nitrogens is 2. The first-order valence-electron chi connectivity index (χ1n) is 7.36. The van der Waals surface area contributed by atoms with Crippen molar-refractivity contribution in [1.29, 1.82) is 0 Å². The van der Waals surface area contributed by atoms with E-state index in [1.165, 1.54) is 0 Å². The molecule has 0 aliphatic carbocycles. The lowest BCUT2D eigenvalue weighted by atomic mass is 10.2. The number of fused-ring (bicyclic) bond motifs is 1. The second-order valence-corrected chi connectivity index (χ2v) is 6.43. The van der Waals surface area contributed by atoms with Crippen molar-refractivity contribution < 1.29 is 14.8 Å². The molecule has 3 heterocycles. The van der Waals surface area contributed by atoms with Crippen LogP contribution in [-0.4, -0.2) is 37.6 Å². The van der Waals surface area contributed by atoms with Gasteiger partial charge in [0, 0.05) is 32.0 Å². The topological polar surface area (TPSA) is 79.5 Å². The first-order chi connectivity index (χ1) is 11.4. The van der Waals surface area contributed by atoms with Crippen LogP contribution in [0.25, 0.3) is 0 Å². The average Bonchev–Trinajstić information content (AvgIpc) is 3.01. The van der Waals surface area contributed by atoms with Crippen molar-refractivity contribution >= 4 is 35.0 Å². The van der Waals surface area contributed by atoms with Crippen molar-refractivity contribution in [1.82, 2.24) is 19.5 Å². The lowest BCUT2D eigenvalue weighted by molar-refractivity contribution is 0.0706. The Balaban J connectivity index is 1.87. The third-order valence-corrected chi connectivity index (χ3v) is 4.99. The van der Waals surface area contributed by atoms with E-state index in [2.05, 4.69) is 0 Å². The van der Waals surface area contributed by atoms with Gasteiger partial charge < -0.3 is 14.0 Å². The molecular weight excluding hydrogens is 355 g/mol. The maximum atomic E-state index is 12.8. The number of nitrogens with zero attached hydrogens (tertiary/aromatic N) is 3. The Bertz CT molecular complexity index is 812. The van der Waals surface area contributed by atoms with E-state index in [4.69, 9.17) is 28.4 Å². The van der Waals surface area contributed by atoms with Crippen LogP contribution in [-0.2, 0) is 20.1 Å². The first-order valence-corrected chi connectivity index (χ1v) is 8.11. The zero-order valence-electron chi connectivity index (χ0n) is 12.9. The zero-order valence-corrected chi connectivity index (χ0v) is 14.4. The second kappa shape index (κ2) is 6.51. The first kappa shape index (κ1) is 16.9. The average molecular weight is 371 g/mol. The van der Waals surface area contributed by atoms with E-state index in [1.54, 1.807) is 40.3 Å². The monoisotopic (exact) mass is 370 g/mol. The van der Waals surface area contributed by atoms with Gasteiger partial charge in [0.05, 0.1) is 17.1 Å². The smallest absolute Gasteiger partial charge is 0.276 e. The van der Waals surface area contributed by atoms with Gasteiger partial charge in [-0.3, -0.25) is 14.8 Å². The molecule has 0 fully saturated rings. The number of aryl methyl sites for hydroxylation is 1. The summed E-state index contributed by atoms with van der Waals surface area (Å²) >= 11 is 12.0. The summed E-state index contributed by atoms with van der Waals surface area (Å²) in [6.45, 7) is 1.63. The minimum Gasteiger partial charge on any atom is -0.349 e. The Kier molecular flexibility index (Phi) is 4.58. The molecule has 0 saturated carbocycles. The van der Waals surface area contributed by atoms with Gasteiger partial charge >= 0.3 is 0 Å². The normalized spacial score (nSPS) is 14.2. The predicted octanol–water partition coefficient (Wildman–Crippen LogP) is 2.30. The molecule has 2 N–H and O–H groups in total. The Morgan fingerprint density at radius 2 is 2.00 bits per heavy atom. The molecule has 0 unspecified atom stereocenters. The quantitative estimate of drug-likeness (QED) is 0.628. The van der Waals surface area contributed by atoms with Crippen LogP contribution < -0.4 is 5.48 Å². The molecule has 128 valence electrons. The van der Waals surface area contributed by atoms with E-state index in [-0.39, 0.29) is 5.91 Å². The van der Waals surface area contributed by atoms with Crippen LogP contribution >= 0.6 is 23.2 Å². The summed E-state index contributed by atoms with van der Waals surface area (Å²) in [4.78, 5) is 26.1. The summed E-state index contributed by atoms with van der Waals surface area (Å²) in [5.74, 6) is -0.747. The fraction of sp³-hybridized carbons (Fsp3) is 0.333. The molecule has 1 aliphatic rings. The molecule has 0 aromatic carbocycles. The molecule has 0 atom stereocenters. The van der Waals surface area contributed by atoms with Crippen molar-refractivity contribution in [2.45, 2.75) is 19.5 Å². The summed E-state index contributed by atoms with van der Waals surface area (Å²) in [5.41, 5.74) is 3.21. The summed E-state index contributed by atoms with van der Waals surface area (Å²) in [5, 5.41) is 9.41. The molecule has 0 saturated heterocycles. The fourth-order valence-electron chi connectivity index (χ4n) is 2.87. The van der Waals surface area contributed by atoms with Crippen LogP contribution in [0.2, 0.25) is 10.2 Å². The number of rotatable bonds is 2. The highest BCUT2D eigenvalue weighted by Crippen LogP contribution is 2.27. The highest BCUT2D eigenvalue weighted by Gasteiger charge is 2.25. The van der Waals surface area contributed by atoms with Gasteiger partial charge in [0.1, 0.15) is 10.8 Å². The molecule has 2 aromatic heterocycles. The van der Waals surface area contributed by atoms with Crippen molar-refractivity contribution in [3.05, 3.63) is 45.5 Å². The van der Waals surface area contributed by atoms with Crippen molar-refractivity contribution in [2.75, 3.05) is 6.54 Å². The third kappa shape index (κ3) is 2.90. The van der Waals surface area contributed by atoms with Gasteiger partial charge in [-0.1, -0.05) is 23.2 Å². The molecule has 3 rings (SSSR count). The SMILES string of the molecule is Cn1c(C(=O)N2CCCn3cc(C(=O)NO)cc3C2)cc(Cl)c1Cl. The maximum Gasteiger partial charge on any atom is 0.276 e. The Labute approximate surface area is 148 Å². The summed E-state index contributed by atoms with van der Waals surface area (Å²) < 4.78 is 3.48. The second-order valence-electron chi connectivity index (χ2n) is 5.66. The van der Waals surface area contributed by atoms with Crippen molar-refractivity contribution in [2.24, 2.45) is 7.05 Å². The number of amides is 2. The molecule has 2 amide bonds. The zero-order chi connectivity index (χ0) is 17.4. The van der Waals surface area contributed by atoms with Gasteiger partial charge in [0.2, 0.25) is 0 Å². The van der Waals surface area contributed by atoms with Crippen LogP contribution in [0.5, 0.6) is 0 Å². The van der Waals surface area contributed by atoms with E-state index in [1.807, 2.05) is 4.57 Å². The molecule has 7 nitrogen and oxygen atoms in total. The molecule has 0 bridgehead atoms. The minimum absolute atomic E-state index is 0.172. The number of nitrogens with one attached hydrogen (secondary N) is 1. The number of hydroxylamine groups is 1. The van der Waals surface area contributed by atoms with Crippen LogP contribution in [0.3, 0.4) is 0 Å². The summed E-state index contributed by atoms with van der Waals surface area (Å²) in [6.07, 6.45) is 2.42. The number of hydrogen-bond donors (Lipinski definition) is 2. The largest absolute Gasteiger partial charge is 0.349 e. The number of carbonyl (C=O) groups excluding carboxylic acids is 2. The van der Waals surface area contributed by atoms with Crippen LogP contribution in [0, 0.1) is 0 Å². The molecule has 2 aromatic rings. The van der Waals surface area contributed by atoms with E-state index in [0.29, 0.717) is 41.1 Å². The maximum absolute atomic E-state index is 12.8. The van der Waals surface area contributed by atoms with Crippen LogP contribution in [0.1, 0.15) is 33.0 Å². The predicted molar refractivity (Wildman–Crippen MR) is 88.5 cm³/mol. The third-order valence-electron chi connectivity index (χ3n) is 4.15. The van der Waals surface area contributed by atoms with E-state index in [9.17, 15) is 9.59 Å². The molecular formula is C15H16Cl2N4O3. The summed E-state index contributed by atoms with van der Waals surface area (Å²) in [7, 11) is 1.69. The van der Waals surface area contributed by atoms with E-state index >= 15 is 0 Å². The standard InChI is InChI=1S/C15H16Cl2N4O3/c1-19-12(6-11(16)13(19)17)15(23)21-4-2-3-20-7-9(14(22)18-24)5-10(20)8-21/h5-7,24H,2-4,8H2,1H3,(H,18,22). The lowest BCUT2D eigenvalue weighted by Crippen LogP contribution is -2.32. The molecule has 1 aliphatic heterocycles. The van der Waals surface area contributed by atoms with Crippen LogP contribution in [0.15, 0.2) is 18.3 Å². The van der Waals surface area contributed by atoms with E-state index < -0.39 is 5.91 Å². The van der Waals surface area contributed by atoms with Crippen LogP contribution in [0.4, 0.5) is 0 Å². The lowest BCUT2D eigenvalue weighted by Gasteiger charge is -2.20. The van der Waals surface area contributed by atoms with Gasteiger partial charge in [0.15, 0.2) is 0 Å². The number of hydrogen-bond acceptors (Lipinski definition) is 3. The molecule has 0 radical (unpaired) electrons. The van der Waals surface area contributed by atoms with Gasteiger partial charge in [-0.15, -0.1) is 0 Å². The molecule has 9 heteroatoms. The minimum atomic E-state index is -0.575. The fourth-order valence-corrected chi connectivity index (χ4v) is 3.25. The van der Waals surface area contributed by atoms with Gasteiger partial charge in [-0.05, 0) is 18.6 Å². The Morgan fingerprint density at radius 3 is 2.62 bits per heavy atom. The summed E-state index contributed by atoms with van der Waals surface area (Å²) in [6, 6.07) is 3.23. The van der Waals surface area contributed by atoms with E-state index in [0.717, 1.165) is 12.1 Å². The number of halogens is 2. The van der Waals surface area contributed by atoms with Crippen molar-refractivity contribution in [3.63, 3.8) is 0 Å². The van der Waals surface area contributed by atoms with Gasteiger partial charge in [-0.2, -0.15) is 0 Å². The number of carbonyl (C=O) groups is 2. The molecule has 24 heavy (non-hydrogen) atoms. The Morgan fingerprint density at radius 1 is 1.25 bits per heavy atom. The Hall–Kier alpha value is -1.96. The highest BCUT2D eigenvalue weighted by molar-refractivity contribution is 6.41. The molecule has 0 spiro atoms.